The van der Waals surface area contributed by atoms with Crippen molar-refractivity contribution in [1.29, 1.82) is 0 Å². The molecule has 1 aromatic carbocycles. The molecule has 3 aromatic rings. The summed E-state index contributed by atoms with van der Waals surface area (Å²) in [4.78, 5) is 16.2. The minimum atomic E-state index is -0.279. The van der Waals surface area contributed by atoms with Crippen LogP contribution in [-0.4, -0.2) is 38.8 Å². The maximum absolute atomic E-state index is 13.4. The van der Waals surface area contributed by atoms with Gasteiger partial charge in [-0.2, -0.15) is 0 Å². The second-order valence-corrected chi connectivity index (χ2v) is 7.60. The molecule has 5 rings (SSSR count). The fourth-order valence-electron chi connectivity index (χ4n) is 3.92. The summed E-state index contributed by atoms with van der Waals surface area (Å²) in [5.74, 6) is 1.28. The monoisotopic (exact) mass is 391 g/mol. The molecule has 4 heterocycles. The second-order valence-electron chi connectivity index (χ2n) is 7.60. The average molecular weight is 391 g/mol. The highest BCUT2D eigenvalue weighted by molar-refractivity contribution is 5.97. The molecular weight excluding hydrogens is 369 g/mol. The molecule has 148 valence electrons. The summed E-state index contributed by atoms with van der Waals surface area (Å²) in [6.45, 7) is 3.21. The van der Waals surface area contributed by atoms with Crippen molar-refractivity contribution in [3.05, 3.63) is 65.2 Å². The first kappa shape index (κ1) is 18.1. The summed E-state index contributed by atoms with van der Waals surface area (Å²) in [7, 11) is 0. The van der Waals surface area contributed by atoms with Crippen LogP contribution in [0.3, 0.4) is 0 Å². The molecule has 0 saturated heterocycles. The predicted molar refractivity (Wildman–Crippen MR) is 107 cm³/mol. The zero-order valence-electron chi connectivity index (χ0n) is 16.1. The van der Waals surface area contributed by atoms with Gasteiger partial charge in [-0.15, -0.1) is 0 Å². The second kappa shape index (κ2) is 7.83. The van der Waals surface area contributed by atoms with Gasteiger partial charge < -0.3 is 4.52 Å². The summed E-state index contributed by atoms with van der Waals surface area (Å²) < 4.78 is 18.9. The molecule has 0 radical (unpaired) electrons. The minimum Gasteiger partial charge on any atom is -0.359 e. The minimum absolute atomic E-state index is 0.279. The molecule has 2 aliphatic heterocycles. The lowest BCUT2D eigenvalue weighted by Crippen LogP contribution is -2.31. The lowest BCUT2D eigenvalue weighted by Gasteiger charge is -2.27. The van der Waals surface area contributed by atoms with Gasteiger partial charge in [0.25, 0.3) is 0 Å². The first-order valence-corrected chi connectivity index (χ1v) is 10.1. The van der Waals surface area contributed by atoms with Crippen LogP contribution in [0.25, 0.3) is 11.3 Å². The highest BCUT2D eigenvalue weighted by Gasteiger charge is 2.21. The molecule has 0 spiro atoms. The van der Waals surface area contributed by atoms with E-state index < -0.39 is 0 Å². The van der Waals surface area contributed by atoms with E-state index in [-0.39, 0.29) is 5.82 Å². The van der Waals surface area contributed by atoms with Crippen LogP contribution in [0.15, 0.2) is 46.0 Å². The molecular formula is C22H22FN5O. The van der Waals surface area contributed by atoms with Crippen molar-refractivity contribution in [1.82, 2.24) is 20.0 Å². The summed E-state index contributed by atoms with van der Waals surface area (Å²) >= 11 is 0. The van der Waals surface area contributed by atoms with Crippen LogP contribution >= 0.6 is 0 Å². The third-order valence-corrected chi connectivity index (χ3v) is 5.45. The van der Waals surface area contributed by atoms with E-state index in [0.29, 0.717) is 12.2 Å². The van der Waals surface area contributed by atoms with Crippen molar-refractivity contribution in [2.75, 3.05) is 13.1 Å². The number of aliphatic imine (C=N–C) groups is 1. The van der Waals surface area contributed by atoms with E-state index in [1.54, 1.807) is 6.07 Å². The maximum atomic E-state index is 13.4. The molecule has 0 amide bonds. The van der Waals surface area contributed by atoms with E-state index >= 15 is 0 Å². The molecule has 2 aliphatic rings. The van der Waals surface area contributed by atoms with E-state index in [0.717, 1.165) is 73.0 Å². The number of hydrogen-bond acceptors (Lipinski definition) is 6. The zero-order valence-corrected chi connectivity index (χ0v) is 16.1. The Hall–Kier alpha value is -2.93. The standard InChI is InChI=1S/C22H22FN5O/c23-17-5-3-4-15(10-17)21-11-18(29-27-21)14-28-9-7-19-16(13-28)12-25-22(26-19)20-6-1-2-8-24-20/h3-5,10-12H,1-2,6-9,13-14H2. The van der Waals surface area contributed by atoms with Crippen LogP contribution in [0.5, 0.6) is 0 Å². The lowest BCUT2D eigenvalue weighted by molar-refractivity contribution is 0.213. The summed E-state index contributed by atoms with van der Waals surface area (Å²) in [5, 5.41) is 4.09. The topological polar surface area (TPSA) is 67.4 Å². The number of aromatic nitrogens is 3. The first-order valence-electron chi connectivity index (χ1n) is 10.1. The van der Waals surface area contributed by atoms with E-state index in [1.807, 2.05) is 18.3 Å². The van der Waals surface area contributed by atoms with Crippen LogP contribution in [0, 0.1) is 5.82 Å². The van der Waals surface area contributed by atoms with Gasteiger partial charge in [0.15, 0.2) is 11.6 Å². The van der Waals surface area contributed by atoms with Crippen molar-refractivity contribution in [3.8, 4) is 11.3 Å². The number of nitrogens with zero attached hydrogens (tertiary/aromatic N) is 5. The Morgan fingerprint density at radius 3 is 2.97 bits per heavy atom. The molecule has 0 N–H and O–H groups in total. The van der Waals surface area contributed by atoms with Crippen molar-refractivity contribution < 1.29 is 8.91 Å². The van der Waals surface area contributed by atoms with E-state index in [2.05, 4.69) is 20.0 Å². The highest BCUT2D eigenvalue weighted by Crippen LogP contribution is 2.23. The van der Waals surface area contributed by atoms with Gasteiger partial charge >= 0.3 is 0 Å². The highest BCUT2D eigenvalue weighted by atomic mass is 19.1. The van der Waals surface area contributed by atoms with Crippen LogP contribution in [0.2, 0.25) is 0 Å². The van der Waals surface area contributed by atoms with Gasteiger partial charge in [-0.25, -0.2) is 14.4 Å². The zero-order chi connectivity index (χ0) is 19.6. The van der Waals surface area contributed by atoms with Crippen molar-refractivity contribution in [3.63, 3.8) is 0 Å². The molecule has 0 saturated carbocycles. The van der Waals surface area contributed by atoms with Crippen LogP contribution in [0.4, 0.5) is 4.39 Å². The Kier molecular flexibility index (Phi) is 4.89. The Balaban J connectivity index is 1.27. The van der Waals surface area contributed by atoms with Gasteiger partial charge in [0.1, 0.15) is 11.5 Å². The Morgan fingerprint density at radius 1 is 1.14 bits per heavy atom. The number of fused-ring (bicyclic) bond motifs is 1. The van der Waals surface area contributed by atoms with Crippen LogP contribution in [-0.2, 0) is 19.5 Å². The molecule has 2 aromatic heterocycles. The number of rotatable bonds is 4. The third kappa shape index (κ3) is 3.96. The number of benzene rings is 1. The first-order chi connectivity index (χ1) is 14.2. The smallest absolute Gasteiger partial charge is 0.173 e. The van der Waals surface area contributed by atoms with Gasteiger partial charge in [-0.05, 0) is 31.4 Å². The average Bonchev–Trinajstić information content (AvgIpc) is 3.22. The fraction of sp³-hybridized carbons (Fsp3) is 0.364. The lowest BCUT2D eigenvalue weighted by atomic mass is 10.1. The van der Waals surface area contributed by atoms with Crippen molar-refractivity contribution in [2.45, 2.75) is 38.8 Å². The Morgan fingerprint density at radius 2 is 2.10 bits per heavy atom. The Bertz CT molecular complexity index is 1060. The number of hydrogen-bond donors (Lipinski definition) is 0. The summed E-state index contributed by atoms with van der Waals surface area (Å²) in [6.07, 6.45) is 6.13. The normalized spacial score (nSPS) is 17.1. The largest absolute Gasteiger partial charge is 0.359 e. The molecule has 0 bridgehead atoms. The van der Waals surface area contributed by atoms with E-state index in [1.165, 1.54) is 18.6 Å². The Labute approximate surface area is 168 Å². The molecule has 0 atom stereocenters. The van der Waals surface area contributed by atoms with Gasteiger partial charge in [0.2, 0.25) is 0 Å². The van der Waals surface area contributed by atoms with E-state index in [4.69, 9.17) is 9.51 Å². The van der Waals surface area contributed by atoms with Gasteiger partial charge in [0.05, 0.1) is 18.0 Å². The predicted octanol–water partition coefficient (Wildman–Crippen LogP) is 3.80. The van der Waals surface area contributed by atoms with Gasteiger partial charge in [-0.1, -0.05) is 17.3 Å². The summed E-state index contributed by atoms with van der Waals surface area (Å²) in [6, 6.07) is 8.26. The van der Waals surface area contributed by atoms with Crippen molar-refractivity contribution in [2.24, 2.45) is 4.99 Å². The van der Waals surface area contributed by atoms with Gasteiger partial charge in [-0.3, -0.25) is 9.89 Å². The van der Waals surface area contributed by atoms with Crippen molar-refractivity contribution >= 4 is 5.71 Å². The molecule has 6 nitrogen and oxygen atoms in total. The molecule has 29 heavy (non-hydrogen) atoms. The molecule has 0 unspecified atom stereocenters. The quantitative estimate of drug-likeness (QED) is 0.677. The van der Waals surface area contributed by atoms with Crippen LogP contribution < -0.4 is 0 Å². The molecule has 7 heteroatoms. The van der Waals surface area contributed by atoms with E-state index in [9.17, 15) is 4.39 Å². The van der Waals surface area contributed by atoms with Gasteiger partial charge in [0, 0.05) is 49.4 Å². The maximum Gasteiger partial charge on any atom is 0.173 e. The SMILES string of the molecule is Fc1cccc(-c2cc(CN3CCc4nc(C5=NCCCC5)ncc4C3)on2)c1. The molecule has 0 aliphatic carbocycles. The fourth-order valence-corrected chi connectivity index (χ4v) is 3.92. The van der Waals surface area contributed by atoms with Crippen LogP contribution in [0.1, 0.15) is 42.1 Å². The number of halogens is 1. The summed E-state index contributed by atoms with van der Waals surface area (Å²) in [5.41, 5.74) is 4.69. The molecule has 0 fully saturated rings. The third-order valence-electron chi connectivity index (χ3n) is 5.45.